The minimum atomic E-state index is -3.69. The van der Waals surface area contributed by atoms with Gasteiger partial charge < -0.3 is 4.98 Å². The monoisotopic (exact) mass is 364 g/mol. The first kappa shape index (κ1) is 14.3. The second-order valence-corrected chi connectivity index (χ2v) is 7.35. The number of aromatic amines is 1. The van der Waals surface area contributed by atoms with Crippen LogP contribution in [0.1, 0.15) is 11.1 Å². The molecule has 0 atom stereocenters. The van der Waals surface area contributed by atoms with E-state index in [9.17, 15) is 8.42 Å². The largest absolute Gasteiger partial charge is 0.361 e. The molecule has 0 aliphatic carbocycles. The van der Waals surface area contributed by atoms with E-state index in [1.54, 1.807) is 12.1 Å². The van der Waals surface area contributed by atoms with Crippen molar-refractivity contribution in [1.29, 1.82) is 0 Å². The topological polar surface area (TPSA) is 76.0 Å². The summed E-state index contributed by atoms with van der Waals surface area (Å²) < 4.78 is 24.0. The smallest absolute Gasteiger partial charge is 0.238 e. The van der Waals surface area contributed by atoms with Gasteiger partial charge in [-0.2, -0.15) is 0 Å². The highest BCUT2D eigenvalue weighted by Gasteiger charge is 2.11. The van der Waals surface area contributed by atoms with Crippen LogP contribution in [-0.2, 0) is 16.4 Å². The lowest BCUT2D eigenvalue weighted by Crippen LogP contribution is -2.11. The molecule has 0 saturated heterocycles. The average Bonchev–Trinajstić information content (AvgIpc) is 2.83. The van der Waals surface area contributed by atoms with Crippen molar-refractivity contribution in [1.82, 2.24) is 4.98 Å². The Hall–Kier alpha value is -1.63. The molecule has 3 N–H and O–H groups in total. The van der Waals surface area contributed by atoms with Gasteiger partial charge in [0, 0.05) is 21.6 Å². The molecule has 0 bridgehead atoms. The van der Waals surface area contributed by atoms with Crippen LogP contribution in [0.2, 0.25) is 0 Å². The van der Waals surface area contributed by atoms with E-state index in [2.05, 4.69) is 20.9 Å². The number of hydrogen-bond acceptors (Lipinski definition) is 2. The molecule has 0 amide bonds. The first-order chi connectivity index (χ1) is 9.93. The molecule has 2 aromatic carbocycles. The van der Waals surface area contributed by atoms with Crippen molar-refractivity contribution in [3.05, 3.63) is 64.3 Å². The number of hydrogen-bond donors (Lipinski definition) is 2. The van der Waals surface area contributed by atoms with Crippen molar-refractivity contribution >= 4 is 36.9 Å². The number of nitrogens with two attached hydrogens (primary N) is 1. The normalized spacial score (nSPS) is 11.9. The van der Waals surface area contributed by atoms with Gasteiger partial charge in [0.05, 0.1) is 4.90 Å². The van der Waals surface area contributed by atoms with E-state index in [-0.39, 0.29) is 4.90 Å². The SMILES string of the molecule is NS(=O)(=O)c1ccc2[nH]cc(Cc3ccc(Br)cc3)c2c1. The van der Waals surface area contributed by atoms with Crippen molar-refractivity contribution in [2.45, 2.75) is 11.3 Å². The molecule has 0 spiro atoms. The van der Waals surface area contributed by atoms with E-state index in [1.807, 2.05) is 30.5 Å². The number of sulfonamides is 1. The number of halogens is 1. The molecular formula is C15H13BrN2O2S. The lowest BCUT2D eigenvalue weighted by Gasteiger charge is -2.02. The molecule has 1 aromatic heterocycles. The summed E-state index contributed by atoms with van der Waals surface area (Å²) in [4.78, 5) is 3.28. The summed E-state index contributed by atoms with van der Waals surface area (Å²) in [5, 5.41) is 6.07. The first-order valence-corrected chi connectivity index (χ1v) is 8.65. The predicted octanol–water partition coefficient (Wildman–Crippen LogP) is 3.17. The minimum Gasteiger partial charge on any atom is -0.361 e. The Morgan fingerprint density at radius 2 is 1.81 bits per heavy atom. The van der Waals surface area contributed by atoms with E-state index < -0.39 is 10.0 Å². The number of primary sulfonamides is 1. The maximum Gasteiger partial charge on any atom is 0.238 e. The molecular weight excluding hydrogens is 352 g/mol. The van der Waals surface area contributed by atoms with Gasteiger partial charge in [-0.1, -0.05) is 28.1 Å². The number of fused-ring (bicyclic) bond motifs is 1. The number of rotatable bonds is 3. The van der Waals surface area contributed by atoms with Gasteiger partial charge in [-0.25, -0.2) is 13.6 Å². The molecule has 0 aliphatic rings. The Labute approximate surface area is 131 Å². The number of benzene rings is 2. The van der Waals surface area contributed by atoms with Crippen LogP contribution in [0.25, 0.3) is 10.9 Å². The third-order valence-corrected chi connectivity index (χ3v) is 4.81. The summed E-state index contributed by atoms with van der Waals surface area (Å²) in [6, 6.07) is 12.9. The highest BCUT2D eigenvalue weighted by molar-refractivity contribution is 9.10. The Bertz CT molecular complexity index is 899. The second-order valence-electron chi connectivity index (χ2n) is 4.87. The fourth-order valence-electron chi connectivity index (χ4n) is 2.30. The summed E-state index contributed by atoms with van der Waals surface area (Å²) in [5.41, 5.74) is 3.09. The highest BCUT2D eigenvalue weighted by Crippen LogP contribution is 2.24. The second kappa shape index (κ2) is 5.29. The fraction of sp³-hybridized carbons (Fsp3) is 0.0667. The Balaban J connectivity index is 2.04. The van der Waals surface area contributed by atoms with Gasteiger partial charge in [-0.05, 0) is 47.9 Å². The first-order valence-electron chi connectivity index (χ1n) is 6.31. The van der Waals surface area contributed by atoms with Gasteiger partial charge in [0.1, 0.15) is 0 Å². The molecule has 21 heavy (non-hydrogen) atoms. The highest BCUT2D eigenvalue weighted by atomic mass is 79.9. The van der Waals surface area contributed by atoms with Crippen LogP contribution in [-0.4, -0.2) is 13.4 Å². The Kier molecular flexibility index (Phi) is 3.61. The van der Waals surface area contributed by atoms with Crippen LogP contribution < -0.4 is 5.14 Å². The molecule has 1 heterocycles. The van der Waals surface area contributed by atoms with Crippen LogP contribution in [0.4, 0.5) is 0 Å². The van der Waals surface area contributed by atoms with E-state index in [0.29, 0.717) is 0 Å². The molecule has 4 nitrogen and oxygen atoms in total. The lowest BCUT2D eigenvalue weighted by atomic mass is 10.0. The third-order valence-electron chi connectivity index (χ3n) is 3.38. The summed E-state index contributed by atoms with van der Waals surface area (Å²) >= 11 is 3.41. The molecule has 0 aliphatic heterocycles. The third kappa shape index (κ3) is 3.02. The van der Waals surface area contributed by atoms with E-state index in [4.69, 9.17) is 5.14 Å². The zero-order chi connectivity index (χ0) is 15.0. The van der Waals surface area contributed by atoms with Crippen LogP contribution >= 0.6 is 15.9 Å². The molecule has 0 fully saturated rings. The summed E-state index contributed by atoms with van der Waals surface area (Å²) in [6.45, 7) is 0. The van der Waals surface area contributed by atoms with E-state index >= 15 is 0 Å². The van der Waals surface area contributed by atoms with Crippen molar-refractivity contribution in [3.8, 4) is 0 Å². The van der Waals surface area contributed by atoms with Gasteiger partial charge in [0.2, 0.25) is 10.0 Å². The standard InChI is InChI=1S/C15H13BrN2O2S/c16-12-3-1-10(2-4-12)7-11-9-18-15-6-5-13(8-14(11)15)21(17,19)20/h1-6,8-9,18H,7H2,(H2,17,19,20). The van der Waals surface area contributed by atoms with Gasteiger partial charge in [-0.3, -0.25) is 0 Å². The quantitative estimate of drug-likeness (QED) is 0.748. The van der Waals surface area contributed by atoms with Gasteiger partial charge in [0.15, 0.2) is 0 Å². The van der Waals surface area contributed by atoms with Gasteiger partial charge in [0.25, 0.3) is 0 Å². The van der Waals surface area contributed by atoms with Crippen LogP contribution in [0.3, 0.4) is 0 Å². The summed E-state index contributed by atoms with van der Waals surface area (Å²) in [6.07, 6.45) is 2.63. The number of nitrogens with one attached hydrogen (secondary N) is 1. The van der Waals surface area contributed by atoms with Crippen molar-refractivity contribution in [2.24, 2.45) is 5.14 Å². The maximum atomic E-state index is 11.5. The minimum absolute atomic E-state index is 0.131. The van der Waals surface area contributed by atoms with E-state index in [1.165, 1.54) is 6.07 Å². The zero-order valence-corrected chi connectivity index (χ0v) is 13.4. The Morgan fingerprint density at radius 1 is 1.10 bits per heavy atom. The fourth-order valence-corrected chi connectivity index (χ4v) is 3.11. The molecule has 0 saturated carbocycles. The molecule has 3 rings (SSSR count). The molecule has 108 valence electrons. The Morgan fingerprint density at radius 3 is 2.48 bits per heavy atom. The predicted molar refractivity (Wildman–Crippen MR) is 86.6 cm³/mol. The molecule has 0 radical (unpaired) electrons. The molecule has 0 unspecified atom stereocenters. The van der Waals surface area contributed by atoms with Crippen molar-refractivity contribution in [2.75, 3.05) is 0 Å². The zero-order valence-electron chi connectivity index (χ0n) is 11.0. The maximum absolute atomic E-state index is 11.5. The van der Waals surface area contributed by atoms with Gasteiger partial charge in [-0.15, -0.1) is 0 Å². The average molecular weight is 365 g/mol. The van der Waals surface area contributed by atoms with Gasteiger partial charge >= 0.3 is 0 Å². The summed E-state index contributed by atoms with van der Waals surface area (Å²) in [5.74, 6) is 0. The van der Waals surface area contributed by atoms with Crippen LogP contribution in [0, 0.1) is 0 Å². The van der Waals surface area contributed by atoms with E-state index in [0.717, 1.165) is 32.9 Å². The lowest BCUT2D eigenvalue weighted by molar-refractivity contribution is 0.598. The van der Waals surface area contributed by atoms with Crippen molar-refractivity contribution < 1.29 is 8.42 Å². The van der Waals surface area contributed by atoms with Crippen LogP contribution in [0.15, 0.2) is 58.0 Å². The summed E-state index contributed by atoms with van der Waals surface area (Å²) in [7, 11) is -3.69. The van der Waals surface area contributed by atoms with Crippen molar-refractivity contribution in [3.63, 3.8) is 0 Å². The van der Waals surface area contributed by atoms with Crippen LogP contribution in [0.5, 0.6) is 0 Å². The molecule has 3 aromatic rings. The number of aromatic nitrogens is 1. The molecule has 6 heteroatoms. The number of H-pyrrole nitrogens is 1.